The largest absolute Gasteiger partial charge is 0.465 e. The van der Waals surface area contributed by atoms with E-state index in [9.17, 15) is 9.59 Å². The van der Waals surface area contributed by atoms with Crippen molar-refractivity contribution in [3.63, 3.8) is 0 Å². The van der Waals surface area contributed by atoms with E-state index in [0.29, 0.717) is 12.1 Å². The second-order valence-electron chi connectivity index (χ2n) is 4.73. The first kappa shape index (κ1) is 16.9. The first-order chi connectivity index (χ1) is 11.1. The molecule has 2 N–H and O–H groups in total. The minimum absolute atomic E-state index is 0.278. The van der Waals surface area contributed by atoms with Crippen LogP contribution >= 0.6 is 11.8 Å². The molecule has 0 unspecified atom stereocenters. The van der Waals surface area contributed by atoms with Gasteiger partial charge in [-0.3, -0.25) is 0 Å². The number of carbonyl (C=O) groups excluding carboxylic acids is 2. The van der Waals surface area contributed by atoms with Crippen molar-refractivity contribution < 1.29 is 14.3 Å². The molecule has 2 aromatic rings. The number of esters is 1. The molecule has 0 radical (unpaired) electrons. The fraction of sp³-hybridized carbons (Fsp3) is 0.176. The third-order valence-corrected chi connectivity index (χ3v) is 3.88. The van der Waals surface area contributed by atoms with Gasteiger partial charge in [-0.2, -0.15) is 0 Å². The van der Waals surface area contributed by atoms with Crippen LogP contribution in [0.3, 0.4) is 0 Å². The van der Waals surface area contributed by atoms with Gasteiger partial charge in [0.2, 0.25) is 0 Å². The fourth-order valence-corrected chi connectivity index (χ4v) is 2.39. The van der Waals surface area contributed by atoms with Crippen molar-refractivity contribution in [2.45, 2.75) is 11.4 Å². The van der Waals surface area contributed by atoms with Gasteiger partial charge in [-0.05, 0) is 42.2 Å². The van der Waals surface area contributed by atoms with Crippen LogP contribution in [0.2, 0.25) is 0 Å². The number of amides is 2. The van der Waals surface area contributed by atoms with Crippen LogP contribution in [0.15, 0.2) is 53.4 Å². The molecule has 0 saturated carbocycles. The number of thioether (sulfide) groups is 1. The third kappa shape index (κ3) is 5.03. The van der Waals surface area contributed by atoms with Crippen molar-refractivity contribution >= 4 is 29.4 Å². The van der Waals surface area contributed by atoms with Crippen LogP contribution in [-0.4, -0.2) is 25.4 Å². The van der Waals surface area contributed by atoms with Crippen LogP contribution in [0.25, 0.3) is 0 Å². The number of rotatable bonds is 5. The molecule has 120 valence electrons. The minimum Gasteiger partial charge on any atom is -0.465 e. The van der Waals surface area contributed by atoms with Gasteiger partial charge < -0.3 is 15.4 Å². The molecule has 2 rings (SSSR count). The second kappa shape index (κ2) is 8.24. The number of ether oxygens (including phenoxy) is 1. The van der Waals surface area contributed by atoms with E-state index in [1.807, 2.05) is 30.5 Å². The highest BCUT2D eigenvalue weighted by Crippen LogP contribution is 2.18. The summed E-state index contributed by atoms with van der Waals surface area (Å²) in [5, 5.41) is 5.56. The number of nitrogens with one attached hydrogen (secondary N) is 2. The number of hydrogen-bond donors (Lipinski definition) is 2. The Morgan fingerprint density at radius 2 is 1.87 bits per heavy atom. The lowest BCUT2D eigenvalue weighted by Gasteiger charge is -2.09. The molecule has 0 aliphatic rings. The highest BCUT2D eigenvalue weighted by molar-refractivity contribution is 7.98. The zero-order valence-corrected chi connectivity index (χ0v) is 13.8. The molecule has 23 heavy (non-hydrogen) atoms. The molecule has 0 saturated heterocycles. The Labute approximate surface area is 139 Å². The number of carbonyl (C=O) groups is 2. The first-order valence-electron chi connectivity index (χ1n) is 6.98. The van der Waals surface area contributed by atoms with Crippen molar-refractivity contribution in [1.82, 2.24) is 5.32 Å². The SMILES string of the molecule is COC(=O)c1ccc(CNC(=O)Nc2cccc(SC)c2)cc1. The maximum absolute atomic E-state index is 11.9. The number of benzene rings is 2. The lowest BCUT2D eigenvalue weighted by Crippen LogP contribution is -2.28. The molecule has 0 fully saturated rings. The molecule has 0 aromatic heterocycles. The molecule has 0 aliphatic heterocycles. The summed E-state index contributed by atoms with van der Waals surface area (Å²) in [4.78, 5) is 24.3. The summed E-state index contributed by atoms with van der Waals surface area (Å²) in [5.41, 5.74) is 2.12. The molecule has 2 aromatic carbocycles. The van der Waals surface area contributed by atoms with E-state index in [0.717, 1.165) is 16.1 Å². The second-order valence-corrected chi connectivity index (χ2v) is 5.61. The molecule has 0 spiro atoms. The van der Waals surface area contributed by atoms with Crippen molar-refractivity contribution in [1.29, 1.82) is 0 Å². The Kier molecular flexibility index (Phi) is 6.05. The Morgan fingerprint density at radius 3 is 2.52 bits per heavy atom. The van der Waals surface area contributed by atoms with Crippen molar-refractivity contribution in [3.05, 3.63) is 59.7 Å². The van der Waals surface area contributed by atoms with Gasteiger partial charge in [-0.15, -0.1) is 11.8 Å². The minimum atomic E-state index is -0.379. The molecule has 2 amide bonds. The number of hydrogen-bond acceptors (Lipinski definition) is 4. The van der Waals surface area contributed by atoms with Crippen LogP contribution in [0, 0.1) is 0 Å². The zero-order chi connectivity index (χ0) is 16.7. The predicted molar refractivity (Wildman–Crippen MR) is 91.9 cm³/mol. The smallest absolute Gasteiger partial charge is 0.337 e. The maximum atomic E-state index is 11.9. The van der Waals surface area contributed by atoms with Gasteiger partial charge in [0, 0.05) is 17.1 Å². The maximum Gasteiger partial charge on any atom is 0.337 e. The quantitative estimate of drug-likeness (QED) is 0.650. The topological polar surface area (TPSA) is 67.4 Å². The van der Waals surface area contributed by atoms with Gasteiger partial charge in [0.15, 0.2) is 0 Å². The predicted octanol–water partition coefficient (Wildman–Crippen LogP) is 3.52. The van der Waals surface area contributed by atoms with Gasteiger partial charge >= 0.3 is 12.0 Å². The van der Waals surface area contributed by atoms with Crippen LogP contribution < -0.4 is 10.6 Å². The van der Waals surface area contributed by atoms with E-state index in [4.69, 9.17) is 0 Å². The van der Waals surface area contributed by atoms with Gasteiger partial charge in [-0.1, -0.05) is 18.2 Å². The van der Waals surface area contributed by atoms with E-state index in [1.165, 1.54) is 7.11 Å². The number of methoxy groups -OCH3 is 1. The van der Waals surface area contributed by atoms with Crippen molar-refractivity contribution in [2.24, 2.45) is 0 Å². The Morgan fingerprint density at radius 1 is 1.13 bits per heavy atom. The summed E-state index contributed by atoms with van der Waals surface area (Å²) in [6, 6.07) is 14.2. The van der Waals surface area contributed by atoms with E-state index in [2.05, 4.69) is 15.4 Å². The fourth-order valence-electron chi connectivity index (χ4n) is 1.93. The number of urea groups is 1. The van der Waals surface area contributed by atoms with Gasteiger partial charge in [-0.25, -0.2) is 9.59 Å². The first-order valence-corrected chi connectivity index (χ1v) is 8.21. The standard InChI is InChI=1S/C17H18N2O3S/c1-22-16(20)13-8-6-12(7-9-13)11-18-17(21)19-14-4-3-5-15(10-14)23-2/h3-10H,11H2,1-2H3,(H2,18,19,21). The van der Waals surface area contributed by atoms with Crippen molar-refractivity contribution in [2.75, 3.05) is 18.7 Å². The summed E-state index contributed by atoms with van der Waals surface area (Å²) < 4.78 is 4.64. The Bertz CT molecular complexity index is 686. The van der Waals surface area contributed by atoms with Gasteiger partial charge in [0.05, 0.1) is 12.7 Å². The van der Waals surface area contributed by atoms with Crippen molar-refractivity contribution in [3.8, 4) is 0 Å². The van der Waals surface area contributed by atoms with E-state index >= 15 is 0 Å². The van der Waals surface area contributed by atoms with Crippen LogP contribution in [0.5, 0.6) is 0 Å². The number of anilines is 1. The third-order valence-electron chi connectivity index (χ3n) is 3.16. The molecule has 6 heteroatoms. The molecule has 0 aliphatic carbocycles. The lowest BCUT2D eigenvalue weighted by molar-refractivity contribution is 0.0600. The van der Waals surface area contributed by atoms with E-state index < -0.39 is 0 Å². The Hall–Kier alpha value is -2.47. The molecule has 0 heterocycles. The monoisotopic (exact) mass is 330 g/mol. The van der Waals surface area contributed by atoms with Crippen LogP contribution in [0.4, 0.5) is 10.5 Å². The summed E-state index contributed by atoms with van der Waals surface area (Å²) in [6.07, 6.45) is 1.98. The van der Waals surface area contributed by atoms with Crippen LogP contribution in [0.1, 0.15) is 15.9 Å². The normalized spacial score (nSPS) is 10.0. The molecule has 5 nitrogen and oxygen atoms in total. The lowest BCUT2D eigenvalue weighted by atomic mass is 10.1. The average molecular weight is 330 g/mol. The van der Waals surface area contributed by atoms with Gasteiger partial charge in [0.1, 0.15) is 0 Å². The summed E-state index contributed by atoms with van der Waals surface area (Å²) in [5.74, 6) is -0.379. The Balaban J connectivity index is 1.87. The molecule has 0 bridgehead atoms. The average Bonchev–Trinajstić information content (AvgIpc) is 2.60. The van der Waals surface area contributed by atoms with Crippen LogP contribution in [-0.2, 0) is 11.3 Å². The molecular weight excluding hydrogens is 312 g/mol. The highest BCUT2D eigenvalue weighted by Gasteiger charge is 2.06. The highest BCUT2D eigenvalue weighted by atomic mass is 32.2. The molecular formula is C17H18N2O3S. The summed E-state index contributed by atoms with van der Waals surface area (Å²) in [7, 11) is 1.34. The zero-order valence-electron chi connectivity index (χ0n) is 13.0. The van der Waals surface area contributed by atoms with E-state index in [1.54, 1.807) is 36.0 Å². The summed E-state index contributed by atoms with van der Waals surface area (Å²) in [6.45, 7) is 0.371. The summed E-state index contributed by atoms with van der Waals surface area (Å²) >= 11 is 1.62. The molecule has 0 atom stereocenters. The van der Waals surface area contributed by atoms with E-state index in [-0.39, 0.29) is 12.0 Å². The van der Waals surface area contributed by atoms with Gasteiger partial charge in [0.25, 0.3) is 0 Å².